The van der Waals surface area contributed by atoms with E-state index in [0.717, 1.165) is 0 Å². The highest BCUT2D eigenvalue weighted by Gasteiger charge is 2.41. The summed E-state index contributed by atoms with van der Waals surface area (Å²) in [6.07, 6.45) is -0.568. The number of carboxylic acids is 1. The number of amides is 1. The lowest BCUT2D eigenvalue weighted by Crippen LogP contribution is -2.47. The summed E-state index contributed by atoms with van der Waals surface area (Å²) in [5.74, 6) is -0.120. The molecular weight excluding hydrogens is 606 g/mol. The molecule has 1 amide bonds. The molecular formula is C32H40ClN3O9. The van der Waals surface area contributed by atoms with Crippen molar-refractivity contribution in [1.29, 1.82) is 0 Å². The number of carbonyl (C=O) groups is 3. The molecule has 0 bridgehead atoms. The average molecular weight is 646 g/mol. The summed E-state index contributed by atoms with van der Waals surface area (Å²) in [5, 5.41) is 13.7. The van der Waals surface area contributed by atoms with E-state index in [1.165, 1.54) is 14.0 Å². The van der Waals surface area contributed by atoms with Crippen LogP contribution in [0, 0.1) is 5.41 Å². The standard InChI is InChI=1S/C32H40ClN3O9/c1-20(37)43-18-32(2,3)17-36-24-13-12-21(33)15-23(24)29(22-9-8-10-25(41-4)30(22)42-5)45-26(31(36)40)16-27-34-44-19-35(27)14-7-6-11-28(38)39/h8-10,12-13,15,26,29H,6-7,11,14,16-19H2,1-5H3,(H,38,39)/t26-,29-/m1/s1. The van der Waals surface area contributed by atoms with E-state index in [1.54, 1.807) is 36.3 Å². The molecule has 0 spiro atoms. The van der Waals surface area contributed by atoms with Gasteiger partial charge in [0, 0.05) is 60.1 Å². The largest absolute Gasteiger partial charge is 0.493 e. The third kappa shape index (κ3) is 8.37. The van der Waals surface area contributed by atoms with Crippen LogP contribution in [0.5, 0.6) is 11.5 Å². The maximum absolute atomic E-state index is 14.5. The quantitative estimate of drug-likeness (QED) is 0.220. The molecule has 0 aromatic heterocycles. The van der Waals surface area contributed by atoms with Crippen molar-refractivity contribution in [3.05, 3.63) is 52.5 Å². The zero-order valence-corrected chi connectivity index (χ0v) is 27.0. The van der Waals surface area contributed by atoms with Crippen LogP contribution in [0.25, 0.3) is 0 Å². The van der Waals surface area contributed by atoms with Crippen molar-refractivity contribution in [1.82, 2.24) is 4.90 Å². The first-order chi connectivity index (χ1) is 21.4. The lowest BCUT2D eigenvalue weighted by atomic mass is 9.92. The molecule has 2 aromatic carbocycles. The van der Waals surface area contributed by atoms with Gasteiger partial charge in [-0.3, -0.25) is 14.4 Å². The van der Waals surface area contributed by atoms with E-state index in [1.807, 2.05) is 30.9 Å². The van der Waals surface area contributed by atoms with E-state index in [0.29, 0.717) is 58.6 Å². The number of amidine groups is 1. The van der Waals surface area contributed by atoms with Gasteiger partial charge in [0.2, 0.25) is 0 Å². The Balaban J connectivity index is 1.76. The summed E-state index contributed by atoms with van der Waals surface area (Å²) in [5.41, 5.74) is 1.24. The summed E-state index contributed by atoms with van der Waals surface area (Å²) >= 11 is 6.54. The van der Waals surface area contributed by atoms with E-state index >= 15 is 0 Å². The van der Waals surface area contributed by atoms with Gasteiger partial charge in [0.1, 0.15) is 18.0 Å². The maximum atomic E-state index is 14.5. The van der Waals surface area contributed by atoms with Gasteiger partial charge in [0.15, 0.2) is 18.2 Å². The van der Waals surface area contributed by atoms with Crippen molar-refractivity contribution in [3.8, 4) is 11.5 Å². The number of oxime groups is 1. The number of nitrogens with zero attached hydrogens (tertiary/aromatic N) is 3. The Morgan fingerprint density at radius 1 is 1.13 bits per heavy atom. The van der Waals surface area contributed by atoms with Crippen LogP contribution in [0.2, 0.25) is 5.02 Å². The minimum Gasteiger partial charge on any atom is -0.493 e. The van der Waals surface area contributed by atoms with E-state index in [4.69, 9.17) is 40.5 Å². The van der Waals surface area contributed by atoms with Crippen LogP contribution in [-0.4, -0.2) is 80.4 Å². The number of methoxy groups -OCH3 is 2. The topological polar surface area (TPSA) is 136 Å². The SMILES string of the molecule is COc1cccc([C@H]2O[C@H](CC3=NOCN3CCCCC(=O)O)C(=O)N(CC(C)(C)COC(C)=O)c3ccc(Cl)cc32)c1OC. The molecule has 2 heterocycles. The van der Waals surface area contributed by atoms with Gasteiger partial charge in [0.25, 0.3) is 5.91 Å². The number of esters is 1. The molecule has 0 saturated carbocycles. The molecule has 2 aliphatic heterocycles. The van der Waals surface area contributed by atoms with Crippen molar-refractivity contribution < 1.29 is 43.3 Å². The second-order valence-corrected chi connectivity index (χ2v) is 12.2. The number of halogens is 1. The molecule has 0 radical (unpaired) electrons. The number of hydrogen-bond donors (Lipinski definition) is 1. The Bertz CT molecular complexity index is 1430. The number of anilines is 1. The van der Waals surface area contributed by atoms with Crippen LogP contribution in [0.1, 0.15) is 63.7 Å². The van der Waals surface area contributed by atoms with Gasteiger partial charge in [0.05, 0.1) is 20.8 Å². The van der Waals surface area contributed by atoms with E-state index in [9.17, 15) is 14.4 Å². The fraction of sp³-hybridized carbons (Fsp3) is 0.500. The van der Waals surface area contributed by atoms with Crippen molar-refractivity contribution in [2.24, 2.45) is 10.6 Å². The second-order valence-electron chi connectivity index (χ2n) is 11.7. The summed E-state index contributed by atoms with van der Waals surface area (Å²) in [4.78, 5) is 46.0. The first-order valence-corrected chi connectivity index (χ1v) is 15.1. The number of rotatable bonds is 14. The number of hydrogen-bond acceptors (Lipinski definition) is 10. The fourth-order valence-electron chi connectivity index (χ4n) is 5.41. The molecule has 0 fully saturated rings. The molecule has 0 aliphatic carbocycles. The fourth-order valence-corrected chi connectivity index (χ4v) is 5.59. The van der Waals surface area contributed by atoms with Crippen LogP contribution in [0.4, 0.5) is 5.69 Å². The smallest absolute Gasteiger partial charge is 0.303 e. The predicted octanol–water partition coefficient (Wildman–Crippen LogP) is 5.02. The zero-order valence-electron chi connectivity index (χ0n) is 26.2. The van der Waals surface area contributed by atoms with Gasteiger partial charge >= 0.3 is 11.9 Å². The molecule has 13 heteroatoms. The predicted molar refractivity (Wildman–Crippen MR) is 167 cm³/mol. The van der Waals surface area contributed by atoms with Gasteiger partial charge in [-0.15, -0.1) is 0 Å². The van der Waals surface area contributed by atoms with E-state index in [2.05, 4.69) is 5.16 Å². The first-order valence-electron chi connectivity index (χ1n) is 14.7. The highest BCUT2D eigenvalue weighted by atomic mass is 35.5. The van der Waals surface area contributed by atoms with Gasteiger partial charge in [-0.1, -0.05) is 42.7 Å². The summed E-state index contributed by atoms with van der Waals surface area (Å²) in [6.45, 7) is 6.17. The maximum Gasteiger partial charge on any atom is 0.303 e. The van der Waals surface area contributed by atoms with E-state index in [-0.39, 0.29) is 38.6 Å². The monoisotopic (exact) mass is 645 g/mol. The summed E-state index contributed by atoms with van der Waals surface area (Å²) in [6, 6.07) is 10.7. The molecule has 0 saturated heterocycles. The molecule has 2 atom stereocenters. The molecule has 1 N–H and O–H groups in total. The van der Waals surface area contributed by atoms with E-state index < -0.39 is 29.6 Å². The van der Waals surface area contributed by atoms with Crippen LogP contribution < -0.4 is 14.4 Å². The minimum absolute atomic E-state index is 0.0638. The number of unbranched alkanes of at least 4 members (excludes halogenated alkanes) is 1. The Labute approximate surface area is 267 Å². The Hall–Kier alpha value is -4.03. The summed E-state index contributed by atoms with van der Waals surface area (Å²) in [7, 11) is 3.08. The van der Waals surface area contributed by atoms with Crippen molar-refractivity contribution >= 4 is 41.0 Å². The van der Waals surface area contributed by atoms with Gasteiger partial charge in [-0.05, 0) is 37.1 Å². The number of carbonyl (C=O) groups excluding carboxylic acids is 2. The van der Waals surface area contributed by atoms with Gasteiger partial charge < -0.3 is 38.7 Å². The van der Waals surface area contributed by atoms with Crippen molar-refractivity contribution in [3.63, 3.8) is 0 Å². The molecule has 4 rings (SSSR count). The second kappa shape index (κ2) is 14.8. The normalized spacial score (nSPS) is 18.1. The molecule has 2 aliphatic rings. The van der Waals surface area contributed by atoms with Crippen molar-refractivity contribution in [2.45, 2.75) is 58.7 Å². The molecule has 2 aromatic rings. The Morgan fingerprint density at radius 2 is 1.91 bits per heavy atom. The molecule has 0 unspecified atom stereocenters. The third-order valence-electron chi connectivity index (χ3n) is 7.56. The Morgan fingerprint density at radius 3 is 2.60 bits per heavy atom. The molecule has 45 heavy (non-hydrogen) atoms. The third-order valence-corrected chi connectivity index (χ3v) is 7.79. The molecule has 244 valence electrons. The average Bonchev–Trinajstić information content (AvgIpc) is 3.41. The first kappa shape index (κ1) is 33.9. The van der Waals surface area contributed by atoms with Crippen LogP contribution in [0.15, 0.2) is 41.6 Å². The van der Waals surface area contributed by atoms with Crippen LogP contribution >= 0.6 is 11.6 Å². The van der Waals surface area contributed by atoms with Gasteiger partial charge in [-0.2, -0.15) is 0 Å². The van der Waals surface area contributed by atoms with Crippen LogP contribution in [0.3, 0.4) is 0 Å². The number of aliphatic carboxylic acids is 1. The minimum atomic E-state index is -1.02. The van der Waals surface area contributed by atoms with Gasteiger partial charge in [-0.25, -0.2) is 0 Å². The zero-order chi connectivity index (χ0) is 32.7. The number of benzene rings is 2. The highest BCUT2D eigenvalue weighted by Crippen LogP contribution is 2.45. The number of carboxylic acid groups (broad SMARTS) is 1. The molecule has 12 nitrogen and oxygen atoms in total. The lowest BCUT2D eigenvalue weighted by Gasteiger charge is -2.33. The lowest BCUT2D eigenvalue weighted by molar-refractivity contribution is -0.144. The van der Waals surface area contributed by atoms with Crippen LogP contribution in [-0.2, 0) is 28.7 Å². The highest BCUT2D eigenvalue weighted by molar-refractivity contribution is 6.30. The number of ether oxygens (including phenoxy) is 4. The number of fused-ring (bicyclic) bond motifs is 1. The number of para-hydroxylation sites is 1. The summed E-state index contributed by atoms with van der Waals surface area (Å²) < 4.78 is 23.4. The van der Waals surface area contributed by atoms with Crippen molar-refractivity contribution in [2.75, 3.05) is 45.5 Å². The Kier molecular flexibility index (Phi) is 11.2.